The fourth-order valence-electron chi connectivity index (χ4n) is 8.13. The number of hydrogen-bond donors (Lipinski definition) is 7. The molecule has 2 fully saturated rings. The van der Waals surface area contributed by atoms with E-state index in [2.05, 4.69) is 26.6 Å². The Hall–Kier alpha value is -6.09. The second-order valence-corrected chi connectivity index (χ2v) is 20.1. The third-order valence-electron chi connectivity index (χ3n) is 11.8. The molecule has 82 heavy (non-hydrogen) atoms. The summed E-state index contributed by atoms with van der Waals surface area (Å²) in [6.45, 7) is 8.28. The summed E-state index contributed by atoms with van der Waals surface area (Å²) in [4.78, 5) is 161. The molecule has 2 rings (SSSR count). The maximum atomic E-state index is 13.9. The van der Waals surface area contributed by atoms with Gasteiger partial charge in [-0.1, -0.05) is 26.2 Å². The molecule has 468 valence electrons. The van der Waals surface area contributed by atoms with Crippen LogP contribution in [0.25, 0.3) is 0 Å². The van der Waals surface area contributed by atoms with E-state index in [1.807, 2.05) is 6.92 Å². The maximum Gasteiger partial charge on any atom is 0.471 e. The van der Waals surface area contributed by atoms with Crippen LogP contribution in [0.4, 0.5) is 13.2 Å². The second kappa shape index (κ2) is 35.1. The zero-order chi connectivity index (χ0) is 62.1. The minimum absolute atomic E-state index is 0.0123. The number of ether oxygens (including phenoxy) is 9. The first-order valence-corrected chi connectivity index (χ1v) is 27.6. The molecule has 0 radical (unpaired) electrons. The van der Waals surface area contributed by atoms with E-state index in [0.29, 0.717) is 6.42 Å². The van der Waals surface area contributed by atoms with Gasteiger partial charge >= 0.3 is 41.9 Å². The van der Waals surface area contributed by atoms with Crippen LogP contribution >= 0.6 is 7.82 Å². The Bertz CT molecular complexity index is 2240. The van der Waals surface area contributed by atoms with E-state index in [-0.39, 0.29) is 51.8 Å². The predicted octanol–water partition coefficient (Wildman–Crippen LogP) is -1.07. The number of rotatable bonds is 33. The smallest absolute Gasteiger partial charge is 0.471 e. The first kappa shape index (κ1) is 72.0. The van der Waals surface area contributed by atoms with Crippen LogP contribution < -0.4 is 36.8 Å². The molecule has 0 bridgehead atoms. The van der Waals surface area contributed by atoms with Crippen LogP contribution in [0, 0.1) is 0 Å². The lowest BCUT2D eigenvalue weighted by molar-refractivity contribution is -0.337. The van der Waals surface area contributed by atoms with Crippen LogP contribution in [-0.4, -0.2) is 189 Å². The highest BCUT2D eigenvalue weighted by Crippen LogP contribution is 2.40. The molecule has 2 heterocycles. The molecular formula is C48H75F3N6O24P-. The van der Waals surface area contributed by atoms with E-state index in [9.17, 15) is 80.3 Å². The van der Waals surface area contributed by atoms with Gasteiger partial charge in [0.05, 0.1) is 6.61 Å². The molecule has 6 amide bonds. The highest BCUT2D eigenvalue weighted by atomic mass is 31.2. The van der Waals surface area contributed by atoms with Gasteiger partial charge in [-0.05, 0) is 46.0 Å². The van der Waals surface area contributed by atoms with Gasteiger partial charge in [-0.15, -0.1) is 0 Å². The average Bonchev–Trinajstić information content (AvgIpc) is 3.45. The third kappa shape index (κ3) is 26.9. The van der Waals surface area contributed by atoms with Gasteiger partial charge < -0.3 is 84.3 Å². The van der Waals surface area contributed by atoms with Gasteiger partial charge in [0.1, 0.15) is 67.9 Å². The maximum absolute atomic E-state index is 13.9. The van der Waals surface area contributed by atoms with Gasteiger partial charge in [-0.2, -0.15) is 13.2 Å². The molecular weight excluding hydrogens is 1130 g/mol. The summed E-state index contributed by atoms with van der Waals surface area (Å²) in [6, 6.07) is -6.15. The molecule has 30 nitrogen and oxygen atoms in total. The van der Waals surface area contributed by atoms with Crippen LogP contribution in [0.3, 0.4) is 0 Å². The number of hydrogen-bond acceptors (Lipinski definition) is 23. The topological polar surface area (TPSA) is 413 Å². The van der Waals surface area contributed by atoms with E-state index >= 15 is 0 Å². The van der Waals surface area contributed by atoms with Crippen molar-refractivity contribution in [3.63, 3.8) is 0 Å². The van der Waals surface area contributed by atoms with Crippen LogP contribution in [0.1, 0.15) is 120 Å². The summed E-state index contributed by atoms with van der Waals surface area (Å²) in [5, 5.41) is 14.0. The molecule has 0 aromatic heterocycles. The molecule has 0 saturated carbocycles. The van der Waals surface area contributed by atoms with Crippen molar-refractivity contribution >= 4 is 73.1 Å². The fraction of sp³-hybridized carbons (Fsp3) is 0.771. The molecule has 0 aromatic rings. The van der Waals surface area contributed by atoms with Gasteiger partial charge in [0, 0.05) is 61.1 Å². The number of unbranched alkanes of at least 4 members (excludes halogenated alkanes) is 4. The van der Waals surface area contributed by atoms with Crippen molar-refractivity contribution in [2.24, 2.45) is 0 Å². The van der Waals surface area contributed by atoms with E-state index in [1.54, 1.807) is 5.32 Å². The number of alkyl halides is 3. The quantitative estimate of drug-likeness (QED) is 0.0178. The minimum atomic E-state index is -5.82. The molecule has 0 spiro atoms. The van der Waals surface area contributed by atoms with E-state index in [1.165, 1.54) is 6.92 Å². The Labute approximate surface area is 470 Å². The molecule has 0 aliphatic carbocycles. The number of carbonyl (C=O) groups is 11. The summed E-state index contributed by atoms with van der Waals surface area (Å²) in [5.74, 6) is -10.9. The van der Waals surface area contributed by atoms with Crippen molar-refractivity contribution in [3.05, 3.63) is 0 Å². The average molecular weight is 1210 g/mol. The Morgan fingerprint density at radius 2 is 1.20 bits per heavy atom. The fourth-order valence-corrected chi connectivity index (χ4v) is 8.58. The van der Waals surface area contributed by atoms with E-state index < -0.39 is 172 Å². The first-order valence-electron chi connectivity index (χ1n) is 26.1. The highest BCUT2D eigenvalue weighted by molar-refractivity contribution is 7.44. The number of halogens is 3. The molecule has 2 unspecified atom stereocenters. The number of phosphoric ester groups is 1. The Morgan fingerprint density at radius 1 is 0.646 bits per heavy atom. The van der Waals surface area contributed by atoms with E-state index in [4.69, 9.17) is 47.2 Å². The highest BCUT2D eigenvalue weighted by Gasteiger charge is 2.56. The summed E-state index contributed by atoms with van der Waals surface area (Å²) >= 11 is 0. The lowest BCUT2D eigenvalue weighted by Gasteiger charge is -2.50. The number of esters is 5. The van der Waals surface area contributed by atoms with Crippen molar-refractivity contribution in [2.45, 2.75) is 206 Å². The Balaban J connectivity index is 2.42. The zero-order valence-corrected chi connectivity index (χ0v) is 47.7. The SMILES string of the molecule is CCCCCCOC(=O)[C@H](CCCCNC(=O)C(F)(F)F)NC(=O)CCCNC(=O)[C@H](C)NC(=O)[C@@H](C)O[C@H]1C(O[C@@H]2O[C@H](COC(C)=O)[C@@H](OC(C)=O)[C@H](OC(C)=O)[C@H]2NC(C)=O)[C@@H](COC(C)=O)O[C@H](OP(=O)([O-])O)[C@@H]1NC(C)=O. The normalized spacial score (nSPS) is 24.3. The van der Waals surface area contributed by atoms with Crippen LogP contribution in [0.5, 0.6) is 0 Å². The van der Waals surface area contributed by atoms with Gasteiger partial charge in [-0.3, -0.25) is 57.0 Å². The van der Waals surface area contributed by atoms with Crippen molar-refractivity contribution in [1.29, 1.82) is 0 Å². The lowest BCUT2D eigenvalue weighted by Crippen LogP contribution is -2.71. The van der Waals surface area contributed by atoms with Crippen molar-refractivity contribution in [1.82, 2.24) is 31.9 Å². The van der Waals surface area contributed by atoms with E-state index in [0.717, 1.165) is 67.7 Å². The second-order valence-electron chi connectivity index (χ2n) is 18.9. The lowest BCUT2D eigenvalue weighted by atomic mass is 9.93. The Morgan fingerprint density at radius 3 is 1.73 bits per heavy atom. The summed E-state index contributed by atoms with van der Waals surface area (Å²) in [6.07, 6.45) is -18.6. The predicted molar refractivity (Wildman–Crippen MR) is 267 cm³/mol. The van der Waals surface area contributed by atoms with Crippen LogP contribution in [0.15, 0.2) is 0 Å². The van der Waals surface area contributed by atoms with Crippen molar-refractivity contribution in [3.8, 4) is 0 Å². The zero-order valence-electron chi connectivity index (χ0n) is 46.8. The molecule has 14 atom stereocenters. The molecule has 2 aliphatic heterocycles. The molecule has 2 aliphatic rings. The standard InChI is InChI=1S/C48H76F3N6O24P/c1-10-11-12-15-21-72-44(67)32(17-13-14-19-53-47(68)48(49,50)51)57-35(64)18-16-20-52-42(65)24(2)54-43(66)25(3)75-40-37(56-27(5)59)46(81-82(69,70)71)79-34(23-74-29(7)61)39(40)80-45-36(55-26(4)58)41(77-31(9)63)38(76-30(8)62)33(78-45)22-73-28(6)60/h24-25,32-34,36-41,45-46H,10-23H2,1-9H3,(H,52,65)(H,53,68)(H,54,66)(H,55,58)(H,56,59)(H,57,64)(H2,69,70,71)/p-1/t24-,25+,32-,33+,34+,36+,37+,38+,39?,40+,41+,45-,46+/m0/s1. The first-order chi connectivity index (χ1) is 38.2. The largest absolute Gasteiger partial charge is 0.756 e. The van der Waals surface area contributed by atoms with Crippen LogP contribution in [-0.2, 0) is 104 Å². The summed E-state index contributed by atoms with van der Waals surface area (Å²) in [5.41, 5.74) is 0. The van der Waals surface area contributed by atoms with Crippen molar-refractivity contribution in [2.75, 3.05) is 32.9 Å². The number of amides is 6. The molecule has 34 heteroatoms. The van der Waals surface area contributed by atoms with Gasteiger partial charge in [-0.25, -0.2) is 4.79 Å². The minimum Gasteiger partial charge on any atom is -0.756 e. The van der Waals surface area contributed by atoms with Gasteiger partial charge in [0.25, 0.3) is 7.82 Å². The monoisotopic (exact) mass is 1210 g/mol. The number of phosphoric acid groups is 1. The third-order valence-corrected chi connectivity index (χ3v) is 12.2. The molecule has 2 saturated heterocycles. The van der Waals surface area contributed by atoms with Crippen molar-refractivity contribution < 1.29 is 127 Å². The molecule has 0 aromatic carbocycles. The Kier molecular flexibility index (Phi) is 30.9. The number of nitrogens with one attached hydrogen (secondary N) is 6. The summed E-state index contributed by atoms with van der Waals surface area (Å²) < 4.78 is 106. The summed E-state index contributed by atoms with van der Waals surface area (Å²) in [7, 11) is -5.82. The van der Waals surface area contributed by atoms with Gasteiger partial charge in [0.15, 0.2) is 24.8 Å². The molecule has 7 N–H and O–H groups in total. The van der Waals surface area contributed by atoms with Gasteiger partial charge in [0.2, 0.25) is 29.5 Å². The van der Waals surface area contributed by atoms with Crippen LogP contribution in [0.2, 0.25) is 0 Å². The number of carbonyl (C=O) groups excluding carboxylic acids is 11.